The van der Waals surface area contributed by atoms with Gasteiger partial charge in [0.25, 0.3) is 0 Å². The largest absolute Gasteiger partial charge is 0.295 e. The van der Waals surface area contributed by atoms with E-state index >= 15 is 0 Å². The standard InChI is InChI=1S/C13H17BrN2/c1-7-4-5-9(14)12-10(7)11-8(2)6-15-13(11,3)16-12/h4-5,8,12,15-16H,6H2,1-3H3. The maximum absolute atomic E-state index is 3.70. The minimum atomic E-state index is -0.00822. The summed E-state index contributed by atoms with van der Waals surface area (Å²) in [4.78, 5) is 0. The Labute approximate surface area is 105 Å². The van der Waals surface area contributed by atoms with Crippen LogP contribution in [-0.4, -0.2) is 18.2 Å². The van der Waals surface area contributed by atoms with Crippen molar-refractivity contribution in [3.05, 3.63) is 33.4 Å². The normalized spacial score (nSPS) is 41.8. The molecule has 1 saturated heterocycles. The molecule has 1 fully saturated rings. The monoisotopic (exact) mass is 280 g/mol. The van der Waals surface area contributed by atoms with Crippen LogP contribution in [0.25, 0.3) is 0 Å². The summed E-state index contributed by atoms with van der Waals surface area (Å²) in [6, 6.07) is 0.347. The maximum Gasteiger partial charge on any atom is 0.0897 e. The lowest BCUT2D eigenvalue weighted by molar-refractivity contribution is 0.396. The third-order valence-corrected chi connectivity index (χ3v) is 4.72. The average molecular weight is 281 g/mol. The van der Waals surface area contributed by atoms with Gasteiger partial charge in [-0.15, -0.1) is 0 Å². The van der Waals surface area contributed by atoms with Gasteiger partial charge in [0.1, 0.15) is 0 Å². The molecule has 0 amide bonds. The van der Waals surface area contributed by atoms with Crippen LogP contribution in [0.1, 0.15) is 20.8 Å². The van der Waals surface area contributed by atoms with Crippen molar-refractivity contribution in [2.75, 3.05) is 6.54 Å². The summed E-state index contributed by atoms with van der Waals surface area (Å²) in [5.74, 6) is 0.624. The molecule has 0 aromatic rings. The minimum Gasteiger partial charge on any atom is -0.295 e. The van der Waals surface area contributed by atoms with Crippen LogP contribution >= 0.6 is 15.9 Å². The number of fused-ring (bicyclic) bond motifs is 2. The SMILES string of the molecule is CC1=CC=C(Br)C2NC3(C)NCC(C)C3=C12. The average Bonchev–Trinajstić information content (AvgIpc) is 2.69. The van der Waals surface area contributed by atoms with Crippen molar-refractivity contribution in [1.29, 1.82) is 0 Å². The molecule has 0 radical (unpaired) electrons. The molecule has 86 valence electrons. The summed E-state index contributed by atoms with van der Waals surface area (Å²) in [5, 5.41) is 7.30. The van der Waals surface area contributed by atoms with Crippen LogP contribution in [0, 0.1) is 5.92 Å². The van der Waals surface area contributed by atoms with Crippen molar-refractivity contribution in [3.8, 4) is 0 Å². The summed E-state index contributed by atoms with van der Waals surface area (Å²) < 4.78 is 1.24. The van der Waals surface area contributed by atoms with Gasteiger partial charge in [-0.3, -0.25) is 10.6 Å². The van der Waals surface area contributed by atoms with Crippen molar-refractivity contribution in [1.82, 2.24) is 10.6 Å². The lowest BCUT2D eigenvalue weighted by atomic mass is 9.87. The molecular formula is C13H17BrN2. The predicted octanol–water partition coefficient (Wildman–Crippen LogP) is 2.45. The Morgan fingerprint density at radius 3 is 2.94 bits per heavy atom. The Morgan fingerprint density at radius 2 is 2.19 bits per heavy atom. The lowest BCUT2D eigenvalue weighted by Gasteiger charge is -2.25. The molecule has 16 heavy (non-hydrogen) atoms. The van der Waals surface area contributed by atoms with Gasteiger partial charge in [0, 0.05) is 11.0 Å². The van der Waals surface area contributed by atoms with Crippen molar-refractivity contribution in [2.24, 2.45) is 5.92 Å². The van der Waals surface area contributed by atoms with Gasteiger partial charge in [-0.25, -0.2) is 0 Å². The van der Waals surface area contributed by atoms with E-state index in [9.17, 15) is 0 Å². The first-order valence-electron chi connectivity index (χ1n) is 5.84. The van der Waals surface area contributed by atoms with E-state index < -0.39 is 0 Å². The fraction of sp³-hybridized carbons (Fsp3) is 0.538. The van der Waals surface area contributed by atoms with Gasteiger partial charge in [-0.1, -0.05) is 28.9 Å². The van der Waals surface area contributed by atoms with Crippen molar-refractivity contribution in [2.45, 2.75) is 32.5 Å². The number of halogens is 1. The molecule has 3 heteroatoms. The number of rotatable bonds is 0. The van der Waals surface area contributed by atoms with Gasteiger partial charge >= 0.3 is 0 Å². The Hall–Kier alpha value is -0.380. The molecule has 3 atom stereocenters. The molecule has 0 aromatic heterocycles. The zero-order valence-corrected chi connectivity index (χ0v) is 11.5. The third kappa shape index (κ3) is 1.25. The molecule has 3 rings (SSSR count). The molecule has 2 aliphatic heterocycles. The zero-order chi connectivity index (χ0) is 11.5. The lowest BCUT2D eigenvalue weighted by Crippen LogP contribution is -2.51. The second-order valence-corrected chi connectivity index (χ2v) is 6.13. The Balaban J connectivity index is 2.19. The van der Waals surface area contributed by atoms with Crippen molar-refractivity contribution in [3.63, 3.8) is 0 Å². The topological polar surface area (TPSA) is 24.1 Å². The molecule has 0 bridgehead atoms. The molecule has 1 aliphatic carbocycles. The second-order valence-electron chi connectivity index (χ2n) is 5.21. The molecule has 2 N–H and O–H groups in total. The molecule has 2 heterocycles. The van der Waals surface area contributed by atoms with E-state index in [1.54, 1.807) is 5.57 Å². The molecule has 3 aliphatic rings. The number of allylic oxidation sites excluding steroid dienone is 2. The smallest absolute Gasteiger partial charge is 0.0897 e. The molecule has 0 spiro atoms. The van der Waals surface area contributed by atoms with E-state index in [0.29, 0.717) is 12.0 Å². The van der Waals surface area contributed by atoms with Crippen LogP contribution in [-0.2, 0) is 0 Å². The van der Waals surface area contributed by atoms with E-state index in [0.717, 1.165) is 6.54 Å². The van der Waals surface area contributed by atoms with Gasteiger partial charge < -0.3 is 0 Å². The van der Waals surface area contributed by atoms with Gasteiger partial charge in [-0.05, 0) is 42.6 Å². The van der Waals surface area contributed by atoms with Crippen molar-refractivity contribution < 1.29 is 0 Å². The van der Waals surface area contributed by atoms with Gasteiger partial charge in [0.2, 0.25) is 0 Å². The first-order valence-corrected chi connectivity index (χ1v) is 6.64. The summed E-state index contributed by atoms with van der Waals surface area (Å²) in [5.41, 5.74) is 4.44. The zero-order valence-electron chi connectivity index (χ0n) is 9.89. The molecule has 0 aromatic carbocycles. The Kier molecular flexibility index (Phi) is 2.23. The number of hydrogen-bond donors (Lipinski definition) is 2. The molecule has 3 unspecified atom stereocenters. The van der Waals surface area contributed by atoms with E-state index in [4.69, 9.17) is 0 Å². The predicted molar refractivity (Wildman–Crippen MR) is 70.3 cm³/mol. The molecular weight excluding hydrogens is 264 g/mol. The van der Waals surface area contributed by atoms with Crippen molar-refractivity contribution >= 4 is 15.9 Å². The van der Waals surface area contributed by atoms with Crippen LogP contribution in [0.3, 0.4) is 0 Å². The first-order chi connectivity index (χ1) is 7.53. The highest BCUT2D eigenvalue weighted by Crippen LogP contribution is 2.44. The maximum atomic E-state index is 3.70. The van der Waals surface area contributed by atoms with Gasteiger partial charge in [-0.2, -0.15) is 0 Å². The van der Waals surface area contributed by atoms with E-state index in [1.807, 2.05) is 0 Å². The van der Waals surface area contributed by atoms with Crippen LogP contribution < -0.4 is 10.6 Å². The van der Waals surface area contributed by atoms with E-state index in [1.165, 1.54) is 15.6 Å². The second kappa shape index (κ2) is 3.31. The van der Waals surface area contributed by atoms with Crippen LogP contribution in [0.5, 0.6) is 0 Å². The fourth-order valence-corrected chi connectivity index (χ4v) is 3.74. The summed E-state index contributed by atoms with van der Waals surface area (Å²) in [6.45, 7) is 7.85. The quantitative estimate of drug-likeness (QED) is 0.712. The summed E-state index contributed by atoms with van der Waals surface area (Å²) >= 11 is 3.67. The molecule has 2 nitrogen and oxygen atoms in total. The fourth-order valence-electron chi connectivity index (χ4n) is 3.26. The van der Waals surface area contributed by atoms with Crippen LogP contribution in [0.15, 0.2) is 33.4 Å². The molecule has 0 saturated carbocycles. The first kappa shape index (κ1) is 10.8. The Morgan fingerprint density at radius 1 is 1.44 bits per heavy atom. The minimum absolute atomic E-state index is 0.00822. The summed E-state index contributed by atoms with van der Waals surface area (Å²) in [6.07, 6.45) is 4.37. The highest BCUT2D eigenvalue weighted by molar-refractivity contribution is 9.11. The third-order valence-electron chi connectivity index (χ3n) is 4.00. The van der Waals surface area contributed by atoms with E-state index in [2.05, 4.69) is 59.5 Å². The van der Waals surface area contributed by atoms with E-state index in [-0.39, 0.29) is 5.66 Å². The number of hydrogen-bond acceptors (Lipinski definition) is 2. The highest BCUT2D eigenvalue weighted by atomic mass is 79.9. The van der Waals surface area contributed by atoms with Gasteiger partial charge in [0.15, 0.2) is 0 Å². The Bertz CT molecular complexity index is 447. The van der Waals surface area contributed by atoms with Crippen LogP contribution in [0.2, 0.25) is 0 Å². The number of nitrogens with one attached hydrogen (secondary N) is 2. The van der Waals surface area contributed by atoms with Gasteiger partial charge in [0.05, 0.1) is 11.7 Å². The van der Waals surface area contributed by atoms with Crippen LogP contribution in [0.4, 0.5) is 0 Å². The highest BCUT2D eigenvalue weighted by Gasteiger charge is 2.48. The summed E-state index contributed by atoms with van der Waals surface area (Å²) in [7, 11) is 0.